The number of hydrogen-bond donors (Lipinski definition) is 0. The van der Waals surface area contributed by atoms with E-state index in [-0.39, 0.29) is 28.3 Å². The van der Waals surface area contributed by atoms with Crippen LogP contribution in [0.1, 0.15) is 18.1 Å². The van der Waals surface area contributed by atoms with Crippen LogP contribution in [0, 0.1) is 15.9 Å². The lowest BCUT2D eigenvalue weighted by molar-refractivity contribution is -0.384. The Morgan fingerprint density at radius 2 is 1.74 bits per heavy atom. The number of benzene rings is 2. The molecule has 138 valence electrons. The molecule has 1 aliphatic heterocycles. The third-order valence-electron chi connectivity index (χ3n) is 4.07. The molecule has 2 aromatic carbocycles. The number of carbonyl (C=O) groups excluding carboxylic acids is 2. The first-order valence-corrected chi connectivity index (χ1v) is 9.14. The molecule has 2 aromatic rings. The molecule has 0 saturated carbocycles. The molecule has 0 N–H and O–H groups in total. The Labute approximate surface area is 158 Å². The molecule has 27 heavy (non-hydrogen) atoms. The number of thioether (sulfide) groups is 1. The minimum atomic E-state index is -0.536. The Hall–Kier alpha value is -3.00. The maximum atomic E-state index is 14.0. The molecule has 0 atom stereocenters. The SMILES string of the molecule is CCSC1=C(c2ccc([N+](=O)[O-])cc2)C(=O)N(Cc2ccccc2F)C1=O. The van der Waals surface area contributed by atoms with Gasteiger partial charge in [0.15, 0.2) is 0 Å². The number of non-ortho nitro benzene ring substituents is 1. The normalized spacial score (nSPS) is 14.2. The van der Waals surface area contributed by atoms with Crippen molar-refractivity contribution >= 4 is 34.8 Å². The summed E-state index contributed by atoms with van der Waals surface area (Å²) in [7, 11) is 0. The van der Waals surface area contributed by atoms with E-state index in [2.05, 4.69) is 0 Å². The number of halogens is 1. The molecule has 1 heterocycles. The van der Waals surface area contributed by atoms with E-state index in [1.165, 1.54) is 54.2 Å². The predicted molar refractivity (Wildman–Crippen MR) is 100 cm³/mol. The zero-order valence-electron chi connectivity index (χ0n) is 14.3. The first-order chi connectivity index (χ1) is 12.9. The predicted octanol–water partition coefficient (Wildman–Crippen LogP) is 3.77. The van der Waals surface area contributed by atoms with Gasteiger partial charge in [-0.2, -0.15) is 0 Å². The van der Waals surface area contributed by atoms with Gasteiger partial charge >= 0.3 is 0 Å². The number of nitro groups is 1. The molecule has 0 unspecified atom stereocenters. The summed E-state index contributed by atoms with van der Waals surface area (Å²) in [5, 5.41) is 10.8. The molecule has 8 heteroatoms. The summed E-state index contributed by atoms with van der Waals surface area (Å²) in [5.41, 5.74) is 0.748. The van der Waals surface area contributed by atoms with Crippen molar-refractivity contribution in [2.75, 3.05) is 5.75 Å². The summed E-state index contributed by atoms with van der Waals surface area (Å²) in [5.74, 6) is -0.943. The van der Waals surface area contributed by atoms with E-state index in [4.69, 9.17) is 0 Å². The second kappa shape index (κ2) is 7.71. The third-order valence-corrected chi connectivity index (χ3v) is 5.02. The van der Waals surface area contributed by atoms with Gasteiger partial charge in [0.2, 0.25) is 0 Å². The highest BCUT2D eigenvalue weighted by Crippen LogP contribution is 2.37. The van der Waals surface area contributed by atoms with Gasteiger partial charge in [-0.05, 0) is 29.5 Å². The lowest BCUT2D eigenvalue weighted by Crippen LogP contribution is -2.31. The lowest BCUT2D eigenvalue weighted by atomic mass is 10.1. The lowest BCUT2D eigenvalue weighted by Gasteiger charge is -2.15. The van der Waals surface area contributed by atoms with Crippen molar-refractivity contribution in [1.29, 1.82) is 0 Å². The molecule has 0 saturated heterocycles. The van der Waals surface area contributed by atoms with Crippen molar-refractivity contribution in [2.24, 2.45) is 0 Å². The van der Waals surface area contributed by atoms with Crippen LogP contribution >= 0.6 is 11.8 Å². The van der Waals surface area contributed by atoms with Crippen LogP contribution in [0.4, 0.5) is 10.1 Å². The van der Waals surface area contributed by atoms with E-state index in [1.807, 2.05) is 6.92 Å². The summed E-state index contributed by atoms with van der Waals surface area (Å²) in [4.78, 5) is 37.3. The Balaban J connectivity index is 1.98. The molecular formula is C19H15FN2O4S. The van der Waals surface area contributed by atoms with Crippen LogP contribution in [0.2, 0.25) is 0 Å². The summed E-state index contributed by atoms with van der Waals surface area (Å²) in [6.45, 7) is 1.68. The summed E-state index contributed by atoms with van der Waals surface area (Å²) in [6.07, 6.45) is 0. The number of hydrogen-bond acceptors (Lipinski definition) is 5. The smallest absolute Gasteiger partial charge is 0.269 e. The Kier molecular flexibility index (Phi) is 5.36. The van der Waals surface area contributed by atoms with Crippen molar-refractivity contribution in [3.05, 3.63) is 80.5 Å². The van der Waals surface area contributed by atoms with E-state index >= 15 is 0 Å². The van der Waals surface area contributed by atoms with Crippen LogP contribution in [0.15, 0.2) is 53.4 Å². The van der Waals surface area contributed by atoms with Gasteiger partial charge in [-0.25, -0.2) is 4.39 Å². The van der Waals surface area contributed by atoms with Crippen LogP contribution in [-0.2, 0) is 16.1 Å². The van der Waals surface area contributed by atoms with Crippen LogP contribution in [-0.4, -0.2) is 27.4 Å². The van der Waals surface area contributed by atoms with E-state index in [9.17, 15) is 24.1 Å². The molecule has 0 spiro atoms. The van der Waals surface area contributed by atoms with Crippen molar-refractivity contribution in [3.8, 4) is 0 Å². The van der Waals surface area contributed by atoms with Crippen molar-refractivity contribution in [1.82, 2.24) is 4.90 Å². The van der Waals surface area contributed by atoms with Crippen molar-refractivity contribution in [3.63, 3.8) is 0 Å². The highest BCUT2D eigenvalue weighted by atomic mass is 32.2. The summed E-state index contributed by atoms with van der Waals surface area (Å²) in [6, 6.07) is 11.4. The third kappa shape index (κ3) is 3.61. The molecule has 1 aliphatic rings. The minimum absolute atomic E-state index is 0.107. The molecule has 0 bridgehead atoms. The maximum absolute atomic E-state index is 14.0. The van der Waals surface area contributed by atoms with Crippen molar-refractivity contribution in [2.45, 2.75) is 13.5 Å². The van der Waals surface area contributed by atoms with Crippen LogP contribution in [0.5, 0.6) is 0 Å². The van der Waals surface area contributed by atoms with Crippen LogP contribution in [0.3, 0.4) is 0 Å². The van der Waals surface area contributed by atoms with Gasteiger partial charge < -0.3 is 0 Å². The largest absolute Gasteiger partial charge is 0.269 e. The van der Waals surface area contributed by atoms with Gasteiger partial charge in [0, 0.05) is 17.7 Å². The fourth-order valence-electron chi connectivity index (χ4n) is 2.78. The van der Waals surface area contributed by atoms with E-state index in [1.54, 1.807) is 6.07 Å². The molecule has 3 rings (SSSR count). The average molecular weight is 386 g/mol. The molecule has 0 fully saturated rings. The van der Waals surface area contributed by atoms with E-state index < -0.39 is 22.6 Å². The number of nitro benzene ring substituents is 1. The Morgan fingerprint density at radius 1 is 1.07 bits per heavy atom. The molecular weight excluding hydrogens is 371 g/mol. The standard InChI is InChI=1S/C19H15FN2O4S/c1-2-27-17-16(12-7-9-14(10-8-12)22(25)26)18(23)21(19(17)24)11-13-5-3-4-6-15(13)20/h3-10H,2,11H2,1H3. The number of carbonyl (C=O) groups is 2. The van der Waals surface area contributed by atoms with Gasteiger partial charge in [0.05, 0.1) is 21.9 Å². The highest BCUT2D eigenvalue weighted by Gasteiger charge is 2.39. The zero-order valence-corrected chi connectivity index (χ0v) is 15.2. The molecule has 0 radical (unpaired) electrons. The number of imide groups is 1. The summed E-state index contributed by atoms with van der Waals surface area (Å²) >= 11 is 1.22. The molecule has 0 aromatic heterocycles. The minimum Gasteiger partial charge on any atom is -0.269 e. The van der Waals surface area contributed by atoms with Gasteiger partial charge in [-0.3, -0.25) is 24.6 Å². The molecule has 0 aliphatic carbocycles. The van der Waals surface area contributed by atoms with Gasteiger partial charge in [-0.1, -0.05) is 25.1 Å². The number of rotatable bonds is 6. The first-order valence-electron chi connectivity index (χ1n) is 8.15. The Bertz CT molecular complexity index is 956. The molecule has 6 nitrogen and oxygen atoms in total. The summed E-state index contributed by atoms with van der Waals surface area (Å²) < 4.78 is 14.0. The fraction of sp³-hybridized carbons (Fsp3) is 0.158. The number of amides is 2. The second-order valence-corrected chi connectivity index (χ2v) is 7.00. The Morgan fingerprint density at radius 3 is 2.33 bits per heavy atom. The van der Waals surface area contributed by atoms with E-state index in [0.717, 1.165) is 4.90 Å². The topological polar surface area (TPSA) is 80.5 Å². The zero-order chi connectivity index (χ0) is 19.6. The monoisotopic (exact) mass is 386 g/mol. The van der Waals surface area contributed by atoms with E-state index in [0.29, 0.717) is 11.3 Å². The van der Waals surface area contributed by atoms with Crippen LogP contribution in [0.25, 0.3) is 5.57 Å². The number of nitrogens with zero attached hydrogens (tertiary/aromatic N) is 2. The van der Waals surface area contributed by atoms with Gasteiger partial charge in [-0.15, -0.1) is 11.8 Å². The van der Waals surface area contributed by atoms with Gasteiger partial charge in [0.1, 0.15) is 5.82 Å². The van der Waals surface area contributed by atoms with Crippen molar-refractivity contribution < 1.29 is 18.9 Å². The highest BCUT2D eigenvalue weighted by molar-refractivity contribution is 8.04. The quantitative estimate of drug-likeness (QED) is 0.429. The maximum Gasteiger partial charge on any atom is 0.269 e. The average Bonchev–Trinajstić information content (AvgIpc) is 2.88. The fourth-order valence-corrected chi connectivity index (χ4v) is 3.65. The molecule has 2 amide bonds. The second-order valence-electron chi connectivity index (χ2n) is 5.73. The van der Waals surface area contributed by atoms with Crippen LogP contribution < -0.4 is 0 Å². The first kappa shape index (κ1) is 18.8. The van der Waals surface area contributed by atoms with Gasteiger partial charge in [0.25, 0.3) is 17.5 Å².